The van der Waals surface area contributed by atoms with E-state index in [9.17, 15) is 0 Å². The third kappa shape index (κ3) is 3.22. The summed E-state index contributed by atoms with van der Waals surface area (Å²) in [5.74, 6) is 1.38. The fraction of sp³-hybridized carbons (Fsp3) is 0.0909. The van der Waals surface area contributed by atoms with Crippen LogP contribution in [0, 0.1) is 13.8 Å². The van der Waals surface area contributed by atoms with Crippen LogP contribution in [0.25, 0.3) is 10.9 Å². The van der Waals surface area contributed by atoms with E-state index in [0.29, 0.717) is 5.95 Å². The van der Waals surface area contributed by atoms with Crippen LogP contribution in [-0.4, -0.2) is 9.97 Å². The topological polar surface area (TPSA) is 49.8 Å². The third-order valence-corrected chi connectivity index (χ3v) is 4.36. The van der Waals surface area contributed by atoms with Gasteiger partial charge in [-0.2, -0.15) is 4.98 Å². The van der Waals surface area contributed by atoms with Crippen molar-refractivity contribution in [3.8, 4) is 0 Å². The molecule has 0 amide bonds. The van der Waals surface area contributed by atoms with E-state index in [1.165, 1.54) is 0 Å². The summed E-state index contributed by atoms with van der Waals surface area (Å²) >= 11 is 0. The Morgan fingerprint density at radius 3 is 2.19 bits per heavy atom. The largest absolute Gasteiger partial charge is 0.340 e. The van der Waals surface area contributed by atoms with Crippen molar-refractivity contribution >= 4 is 34.0 Å². The van der Waals surface area contributed by atoms with Crippen LogP contribution >= 0.6 is 0 Å². The fourth-order valence-corrected chi connectivity index (χ4v) is 2.94. The van der Waals surface area contributed by atoms with Crippen molar-refractivity contribution in [2.75, 3.05) is 10.6 Å². The number of fused-ring (bicyclic) bond motifs is 1. The highest BCUT2D eigenvalue weighted by molar-refractivity contribution is 5.93. The maximum atomic E-state index is 4.75. The predicted octanol–water partition coefficient (Wildman–Crippen LogP) is 5.73. The zero-order valence-electron chi connectivity index (χ0n) is 14.8. The Labute approximate surface area is 152 Å². The summed E-state index contributed by atoms with van der Waals surface area (Å²) in [7, 11) is 0. The summed E-state index contributed by atoms with van der Waals surface area (Å²) in [6.07, 6.45) is 0. The number of hydrogen-bond acceptors (Lipinski definition) is 4. The number of rotatable bonds is 4. The van der Waals surface area contributed by atoms with Gasteiger partial charge in [0.1, 0.15) is 5.82 Å². The molecule has 128 valence electrons. The predicted molar refractivity (Wildman–Crippen MR) is 108 cm³/mol. The van der Waals surface area contributed by atoms with E-state index in [2.05, 4.69) is 36.6 Å². The number of aromatic nitrogens is 2. The molecule has 0 spiro atoms. The van der Waals surface area contributed by atoms with Gasteiger partial charge in [0.15, 0.2) is 0 Å². The van der Waals surface area contributed by atoms with Crippen LogP contribution in [0.3, 0.4) is 0 Å². The molecule has 0 radical (unpaired) electrons. The first-order valence-corrected chi connectivity index (χ1v) is 8.63. The molecule has 4 nitrogen and oxygen atoms in total. The fourth-order valence-electron chi connectivity index (χ4n) is 2.94. The molecule has 0 atom stereocenters. The lowest BCUT2D eigenvalue weighted by Gasteiger charge is -2.14. The SMILES string of the molecule is Cc1ccccc1Nc1nc(Nc2ccccc2)c2cccc(C)c2n1. The van der Waals surface area contributed by atoms with Crippen molar-refractivity contribution in [2.45, 2.75) is 13.8 Å². The van der Waals surface area contributed by atoms with Gasteiger partial charge in [-0.25, -0.2) is 4.98 Å². The molecular weight excluding hydrogens is 320 g/mol. The molecule has 0 fully saturated rings. The van der Waals surface area contributed by atoms with E-state index in [-0.39, 0.29) is 0 Å². The van der Waals surface area contributed by atoms with Crippen LogP contribution in [0.2, 0.25) is 0 Å². The van der Waals surface area contributed by atoms with E-state index in [1.807, 2.05) is 60.7 Å². The van der Waals surface area contributed by atoms with Gasteiger partial charge < -0.3 is 10.6 Å². The zero-order chi connectivity index (χ0) is 17.9. The molecule has 3 aromatic carbocycles. The molecule has 0 saturated carbocycles. The maximum absolute atomic E-state index is 4.75. The average Bonchev–Trinajstić information content (AvgIpc) is 2.65. The number of hydrogen-bond donors (Lipinski definition) is 2. The summed E-state index contributed by atoms with van der Waals surface area (Å²) in [4.78, 5) is 9.49. The van der Waals surface area contributed by atoms with Crippen LogP contribution < -0.4 is 10.6 Å². The third-order valence-electron chi connectivity index (χ3n) is 4.36. The van der Waals surface area contributed by atoms with Gasteiger partial charge in [-0.1, -0.05) is 48.5 Å². The van der Waals surface area contributed by atoms with Crippen molar-refractivity contribution in [3.05, 3.63) is 83.9 Å². The Morgan fingerprint density at radius 2 is 1.38 bits per heavy atom. The van der Waals surface area contributed by atoms with Gasteiger partial charge in [-0.05, 0) is 49.2 Å². The second-order valence-corrected chi connectivity index (χ2v) is 6.30. The van der Waals surface area contributed by atoms with E-state index in [4.69, 9.17) is 9.97 Å². The average molecular weight is 340 g/mol. The van der Waals surface area contributed by atoms with Crippen molar-refractivity contribution in [1.82, 2.24) is 9.97 Å². The summed E-state index contributed by atoms with van der Waals surface area (Å²) in [6, 6.07) is 24.3. The Morgan fingerprint density at radius 1 is 0.654 bits per heavy atom. The summed E-state index contributed by atoms with van der Waals surface area (Å²) in [5, 5.41) is 7.78. The van der Waals surface area contributed by atoms with Crippen molar-refractivity contribution < 1.29 is 0 Å². The molecule has 4 aromatic rings. The smallest absolute Gasteiger partial charge is 0.229 e. The molecule has 4 heteroatoms. The first-order chi connectivity index (χ1) is 12.7. The quantitative estimate of drug-likeness (QED) is 0.498. The normalized spacial score (nSPS) is 10.7. The van der Waals surface area contributed by atoms with Crippen LogP contribution in [0.15, 0.2) is 72.8 Å². The minimum Gasteiger partial charge on any atom is -0.340 e. The Balaban J connectivity index is 1.81. The molecule has 4 rings (SSSR count). The number of benzene rings is 3. The van der Waals surface area contributed by atoms with Crippen LogP contribution in [-0.2, 0) is 0 Å². The first-order valence-electron chi connectivity index (χ1n) is 8.63. The second kappa shape index (κ2) is 6.84. The molecule has 0 aliphatic carbocycles. The highest BCUT2D eigenvalue weighted by Gasteiger charge is 2.10. The van der Waals surface area contributed by atoms with Crippen molar-refractivity contribution in [3.63, 3.8) is 0 Å². The highest BCUT2D eigenvalue weighted by atomic mass is 15.1. The van der Waals surface area contributed by atoms with E-state index < -0.39 is 0 Å². The lowest BCUT2D eigenvalue weighted by molar-refractivity contribution is 1.20. The molecule has 0 unspecified atom stereocenters. The molecule has 1 aromatic heterocycles. The van der Waals surface area contributed by atoms with Gasteiger partial charge >= 0.3 is 0 Å². The molecule has 2 N–H and O–H groups in total. The molecule has 0 saturated heterocycles. The lowest BCUT2D eigenvalue weighted by Crippen LogP contribution is -2.03. The van der Waals surface area contributed by atoms with Crippen LogP contribution in [0.1, 0.15) is 11.1 Å². The number of anilines is 4. The summed E-state index contributed by atoms with van der Waals surface area (Å²) < 4.78 is 0. The van der Waals surface area contributed by atoms with Gasteiger partial charge in [-0.3, -0.25) is 0 Å². The van der Waals surface area contributed by atoms with Gasteiger partial charge in [0.25, 0.3) is 0 Å². The molecule has 1 heterocycles. The second-order valence-electron chi connectivity index (χ2n) is 6.30. The van der Waals surface area contributed by atoms with Crippen molar-refractivity contribution in [2.24, 2.45) is 0 Å². The van der Waals surface area contributed by atoms with Gasteiger partial charge in [0.05, 0.1) is 5.52 Å². The Bertz CT molecular complexity index is 1060. The number of nitrogens with zero attached hydrogens (tertiary/aromatic N) is 2. The highest BCUT2D eigenvalue weighted by Crippen LogP contribution is 2.28. The number of nitrogens with one attached hydrogen (secondary N) is 2. The van der Waals surface area contributed by atoms with E-state index >= 15 is 0 Å². The van der Waals surface area contributed by atoms with E-state index in [0.717, 1.165) is 39.2 Å². The Hall–Kier alpha value is -3.40. The minimum absolute atomic E-state index is 0.583. The van der Waals surface area contributed by atoms with Crippen LogP contribution in [0.5, 0.6) is 0 Å². The molecular formula is C22H20N4. The molecule has 0 aliphatic heterocycles. The maximum Gasteiger partial charge on any atom is 0.229 e. The Kier molecular flexibility index (Phi) is 4.23. The zero-order valence-corrected chi connectivity index (χ0v) is 14.8. The molecule has 0 bridgehead atoms. The van der Waals surface area contributed by atoms with Crippen molar-refractivity contribution in [1.29, 1.82) is 0 Å². The summed E-state index contributed by atoms with van der Waals surface area (Å²) in [5.41, 5.74) is 5.21. The number of para-hydroxylation sites is 3. The van der Waals surface area contributed by atoms with Gasteiger partial charge in [0.2, 0.25) is 5.95 Å². The molecule has 26 heavy (non-hydrogen) atoms. The van der Waals surface area contributed by atoms with E-state index in [1.54, 1.807) is 0 Å². The monoisotopic (exact) mass is 340 g/mol. The van der Waals surface area contributed by atoms with Crippen LogP contribution in [0.4, 0.5) is 23.1 Å². The standard InChI is InChI=1S/C22H20N4/c1-15-9-6-7-14-19(15)24-22-25-20-16(2)10-8-13-18(20)21(26-22)23-17-11-4-3-5-12-17/h3-14H,1-2H3,(H2,23,24,25,26). The first kappa shape index (κ1) is 16.1. The minimum atomic E-state index is 0.583. The van der Waals surface area contributed by atoms with Gasteiger partial charge in [-0.15, -0.1) is 0 Å². The van der Waals surface area contributed by atoms with Gasteiger partial charge in [0, 0.05) is 16.8 Å². The summed E-state index contributed by atoms with van der Waals surface area (Å²) in [6.45, 7) is 4.14. The number of aryl methyl sites for hydroxylation is 2. The molecule has 0 aliphatic rings. The lowest BCUT2D eigenvalue weighted by atomic mass is 10.1.